The van der Waals surface area contributed by atoms with Gasteiger partial charge in [-0.15, -0.1) is 10.2 Å². The molecular formula is C22H19ClF2N4O2. The lowest BCUT2D eigenvalue weighted by molar-refractivity contribution is 0.0169. The minimum Gasteiger partial charge on any atom is -0.473 e. The van der Waals surface area contributed by atoms with E-state index in [1.807, 2.05) is 19.9 Å². The predicted octanol–water partition coefficient (Wildman–Crippen LogP) is 4.88. The molecule has 0 saturated carbocycles. The lowest BCUT2D eigenvalue weighted by Gasteiger charge is -2.27. The molecule has 0 spiro atoms. The summed E-state index contributed by atoms with van der Waals surface area (Å²) in [6.45, 7) is 5.81. The molecule has 0 radical (unpaired) electrons. The van der Waals surface area contributed by atoms with E-state index in [2.05, 4.69) is 15.5 Å². The number of benzene rings is 2. The fourth-order valence-electron chi connectivity index (χ4n) is 4.28. The molecule has 31 heavy (non-hydrogen) atoms. The Bertz CT molecular complexity index is 1240. The standard InChI is InChI=1S/C22H19ClF2N4O2/c1-10(2)29-19(11-4-5-14-12(6-11)9-26-20(14)30)27-28-21(29)22(3)18(25)15-7-13(23)8-16(24)17(15)31-22/h4-8,10,18H,9H2,1-3H3,(H,26,30). The van der Waals surface area contributed by atoms with Gasteiger partial charge < -0.3 is 14.6 Å². The third kappa shape index (κ3) is 2.85. The summed E-state index contributed by atoms with van der Waals surface area (Å²) in [6, 6.07) is 7.73. The molecule has 1 amide bonds. The summed E-state index contributed by atoms with van der Waals surface area (Å²) in [5.41, 5.74) is 0.689. The highest BCUT2D eigenvalue weighted by Gasteiger charge is 2.52. The van der Waals surface area contributed by atoms with Gasteiger partial charge >= 0.3 is 0 Å². The maximum absolute atomic E-state index is 15.6. The summed E-state index contributed by atoms with van der Waals surface area (Å²) < 4.78 is 37.6. The minimum absolute atomic E-state index is 0.0504. The van der Waals surface area contributed by atoms with Crippen molar-refractivity contribution in [3.63, 3.8) is 0 Å². The number of amides is 1. The summed E-state index contributed by atoms with van der Waals surface area (Å²) in [5.74, 6) is -0.245. The van der Waals surface area contributed by atoms with E-state index in [-0.39, 0.29) is 34.1 Å². The molecule has 2 aliphatic heterocycles. The molecule has 1 N–H and O–H groups in total. The zero-order valence-electron chi connectivity index (χ0n) is 17.0. The summed E-state index contributed by atoms with van der Waals surface area (Å²) in [4.78, 5) is 11.9. The van der Waals surface area contributed by atoms with Gasteiger partial charge in [-0.2, -0.15) is 0 Å². The van der Waals surface area contributed by atoms with Crippen LogP contribution >= 0.6 is 11.6 Å². The van der Waals surface area contributed by atoms with Gasteiger partial charge in [0.15, 0.2) is 29.4 Å². The van der Waals surface area contributed by atoms with Crippen molar-refractivity contribution in [1.29, 1.82) is 0 Å². The van der Waals surface area contributed by atoms with Gasteiger partial charge in [0, 0.05) is 34.3 Å². The van der Waals surface area contributed by atoms with Gasteiger partial charge in [0.25, 0.3) is 5.91 Å². The smallest absolute Gasteiger partial charge is 0.251 e. The van der Waals surface area contributed by atoms with E-state index in [1.165, 1.54) is 13.0 Å². The van der Waals surface area contributed by atoms with E-state index in [0.717, 1.165) is 17.2 Å². The Balaban J connectivity index is 1.63. The van der Waals surface area contributed by atoms with E-state index in [4.69, 9.17) is 16.3 Å². The van der Waals surface area contributed by atoms with Crippen LogP contribution in [0.25, 0.3) is 11.4 Å². The van der Waals surface area contributed by atoms with E-state index in [1.54, 1.807) is 16.7 Å². The molecule has 2 atom stereocenters. The number of aromatic nitrogens is 3. The van der Waals surface area contributed by atoms with Gasteiger partial charge in [-0.1, -0.05) is 17.7 Å². The van der Waals surface area contributed by atoms with Crippen LogP contribution < -0.4 is 10.1 Å². The molecule has 0 saturated heterocycles. The number of rotatable bonds is 3. The quantitative estimate of drug-likeness (QED) is 0.625. The fraction of sp³-hybridized carbons (Fsp3) is 0.318. The monoisotopic (exact) mass is 444 g/mol. The summed E-state index contributed by atoms with van der Waals surface area (Å²) in [5, 5.41) is 11.5. The fourth-order valence-corrected chi connectivity index (χ4v) is 4.50. The highest BCUT2D eigenvalue weighted by Crippen LogP contribution is 2.52. The second-order valence-corrected chi connectivity index (χ2v) is 8.68. The summed E-state index contributed by atoms with van der Waals surface area (Å²) in [6.07, 6.45) is -1.69. The Labute approximate surface area is 182 Å². The van der Waals surface area contributed by atoms with Crippen molar-refractivity contribution in [2.45, 2.75) is 45.1 Å². The number of carbonyl (C=O) groups excluding carboxylic acids is 1. The maximum Gasteiger partial charge on any atom is 0.251 e. The average molecular weight is 445 g/mol. The molecule has 0 bridgehead atoms. The molecule has 2 unspecified atom stereocenters. The van der Waals surface area contributed by atoms with Crippen LogP contribution in [0.1, 0.15) is 60.3 Å². The third-order valence-corrected chi connectivity index (χ3v) is 6.03. The minimum atomic E-state index is -1.69. The Morgan fingerprint density at radius 1 is 1.29 bits per heavy atom. The first-order valence-corrected chi connectivity index (χ1v) is 10.3. The van der Waals surface area contributed by atoms with Gasteiger partial charge in [-0.25, -0.2) is 8.78 Å². The number of carbonyl (C=O) groups is 1. The number of nitrogens with one attached hydrogen (secondary N) is 1. The Hall–Kier alpha value is -3.00. The molecule has 3 aromatic rings. The Morgan fingerprint density at radius 2 is 2.06 bits per heavy atom. The predicted molar refractivity (Wildman–Crippen MR) is 110 cm³/mol. The van der Waals surface area contributed by atoms with Gasteiger partial charge in [-0.05, 0) is 50.6 Å². The van der Waals surface area contributed by atoms with Gasteiger partial charge in [0.05, 0.1) is 0 Å². The molecule has 3 heterocycles. The summed E-state index contributed by atoms with van der Waals surface area (Å²) >= 11 is 5.93. The number of nitrogens with zero attached hydrogens (tertiary/aromatic N) is 3. The first-order valence-electron chi connectivity index (χ1n) is 9.89. The van der Waals surface area contributed by atoms with Crippen molar-refractivity contribution in [1.82, 2.24) is 20.1 Å². The zero-order chi connectivity index (χ0) is 22.1. The van der Waals surface area contributed by atoms with Crippen molar-refractivity contribution in [3.8, 4) is 17.1 Å². The number of hydrogen-bond acceptors (Lipinski definition) is 4. The van der Waals surface area contributed by atoms with E-state index < -0.39 is 17.6 Å². The van der Waals surface area contributed by atoms with Crippen molar-refractivity contribution in [2.24, 2.45) is 0 Å². The molecule has 0 fully saturated rings. The van der Waals surface area contributed by atoms with Crippen LogP contribution in [0.2, 0.25) is 5.02 Å². The van der Waals surface area contributed by atoms with Gasteiger partial charge in [0.2, 0.25) is 5.60 Å². The second-order valence-electron chi connectivity index (χ2n) is 8.24. The highest BCUT2D eigenvalue weighted by molar-refractivity contribution is 6.30. The van der Waals surface area contributed by atoms with Crippen LogP contribution in [0, 0.1) is 5.82 Å². The topological polar surface area (TPSA) is 69.0 Å². The van der Waals surface area contributed by atoms with Crippen LogP contribution in [0.4, 0.5) is 8.78 Å². The first kappa shape index (κ1) is 19.9. The summed E-state index contributed by atoms with van der Waals surface area (Å²) in [7, 11) is 0. The second kappa shape index (κ2) is 6.75. The van der Waals surface area contributed by atoms with Crippen LogP contribution in [0.15, 0.2) is 30.3 Å². The number of hydrogen-bond donors (Lipinski definition) is 1. The largest absolute Gasteiger partial charge is 0.473 e. The van der Waals surface area contributed by atoms with Gasteiger partial charge in [-0.3, -0.25) is 4.79 Å². The lowest BCUT2D eigenvalue weighted by atomic mass is 9.95. The molecule has 160 valence electrons. The number of alkyl halides is 1. The zero-order valence-corrected chi connectivity index (χ0v) is 17.8. The molecule has 6 nitrogen and oxygen atoms in total. The number of fused-ring (bicyclic) bond motifs is 2. The number of ether oxygens (including phenoxy) is 1. The van der Waals surface area contributed by atoms with Crippen molar-refractivity contribution >= 4 is 17.5 Å². The highest BCUT2D eigenvalue weighted by atomic mass is 35.5. The molecular weight excluding hydrogens is 426 g/mol. The van der Waals surface area contributed by atoms with E-state index in [0.29, 0.717) is 17.9 Å². The van der Waals surface area contributed by atoms with E-state index in [9.17, 15) is 9.18 Å². The molecule has 9 heteroatoms. The van der Waals surface area contributed by atoms with Gasteiger partial charge in [0.1, 0.15) is 0 Å². The first-order chi connectivity index (χ1) is 14.7. The van der Waals surface area contributed by atoms with Crippen LogP contribution in [0.3, 0.4) is 0 Å². The van der Waals surface area contributed by atoms with E-state index >= 15 is 4.39 Å². The van der Waals surface area contributed by atoms with Crippen molar-refractivity contribution < 1.29 is 18.3 Å². The third-order valence-electron chi connectivity index (χ3n) is 5.81. The van der Waals surface area contributed by atoms with Crippen LogP contribution in [0.5, 0.6) is 5.75 Å². The molecule has 2 aromatic carbocycles. The lowest BCUT2D eigenvalue weighted by Crippen LogP contribution is -2.34. The molecule has 1 aromatic heterocycles. The Morgan fingerprint density at radius 3 is 2.81 bits per heavy atom. The van der Waals surface area contributed by atoms with Crippen molar-refractivity contribution in [3.05, 3.63) is 63.7 Å². The SMILES string of the molecule is CC(C)n1c(-c2ccc3c(c2)CNC3=O)nnc1C1(C)Oc2c(F)cc(Cl)cc2C1F. The van der Waals surface area contributed by atoms with Crippen LogP contribution in [-0.4, -0.2) is 20.7 Å². The Kier molecular flexibility index (Phi) is 4.34. The maximum atomic E-state index is 15.6. The molecule has 0 aliphatic carbocycles. The molecule has 2 aliphatic rings. The van der Waals surface area contributed by atoms with Crippen molar-refractivity contribution in [2.75, 3.05) is 0 Å². The normalized spacial score (nSPS) is 21.8. The average Bonchev–Trinajstić information content (AvgIpc) is 3.39. The molecule has 5 rings (SSSR count). The van der Waals surface area contributed by atoms with Crippen LogP contribution in [-0.2, 0) is 12.1 Å². The number of halogens is 3.